The molecule has 3 atom stereocenters. The van der Waals surface area contributed by atoms with E-state index in [1.54, 1.807) is 0 Å². The number of carbonyl (C=O) groups is 2. The van der Waals surface area contributed by atoms with Gasteiger partial charge in [-0.2, -0.15) is 0 Å². The van der Waals surface area contributed by atoms with E-state index in [4.69, 9.17) is 4.74 Å². The largest absolute Gasteiger partial charge is 0.503 e. The van der Waals surface area contributed by atoms with Crippen LogP contribution in [0.2, 0.25) is 0 Å². The molecule has 172 valence electrons. The Bertz CT molecular complexity index is 1280. The average Bonchev–Trinajstić information content (AvgIpc) is 3.10. The summed E-state index contributed by atoms with van der Waals surface area (Å²) in [5.41, 5.74) is -2.46. The van der Waals surface area contributed by atoms with E-state index >= 15 is 0 Å². The van der Waals surface area contributed by atoms with Crippen LogP contribution in [0.15, 0.2) is 35.0 Å². The second-order valence-electron chi connectivity index (χ2n) is 8.25. The highest BCUT2D eigenvalue weighted by Gasteiger charge is 2.45. The molecule has 33 heavy (non-hydrogen) atoms. The number of carbonyl (C=O) groups excluding carboxylic acids is 2. The fraction of sp³-hybridized carbons (Fsp3) is 0.318. The van der Waals surface area contributed by atoms with Gasteiger partial charge in [-0.15, -0.1) is 0 Å². The van der Waals surface area contributed by atoms with Crippen LogP contribution in [0.25, 0.3) is 0 Å². The number of fused-ring (bicyclic) bond motifs is 5. The van der Waals surface area contributed by atoms with Crippen LogP contribution in [0.1, 0.15) is 52.2 Å². The van der Waals surface area contributed by atoms with Gasteiger partial charge < -0.3 is 19.7 Å². The first-order valence-electron chi connectivity index (χ1n) is 10.3. The highest BCUT2D eigenvalue weighted by atomic mass is 19.1. The molecule has 1 fully saturated rings. The Balaban J connectivity index is 1.47. The number of hydrogen-bond donors (Lipinski definition) is 2. The lowest BCUT2D eigenvalue weighted by molar-refractivity contribution is -0.0723. The second-order valence-corrected chi connectivity index (χ2v) is 8.25. The topological polar surface area (TPSA) is 101 Å². The Labute approximate surface area is 184 Å². The Morgan fingerprint density at radius 2 is 1.94 bits per heavy atom. The number of hydrogen-bond acceptors (Lipinski definition) is 5. The molecular weight excluding hydrogens is 443 g/mol. The minimum Gasteiger partial charge on any atom is -0.503 e. The fourth-order valence-corrected chi connectivity index (χ4v) is 4.65. The molecule has 5 rings (SSSR count). The summed E-state index contributed by atoms with van der Waals surface area (Å²) in [4.78, 5) is 40.0. The van der Waals surface area contributed by atoms with Gasteiger partial charge in [0, 0.05) is 36.4 Å². The first-order valence-corrected chi connectivity index (χ1v) is 10.3. The standard InChI is InChI=1S/C22H18F3N3O5/c1-9(17-14(24)4-10(23)5-15(17)25)26-21(31)13-7-27-8-16-28(11-2-3-12(6-11)33-16)22(32)18(27)20(30)19(13)29/h3-5,7,9,11,16,30H,2,6,8H2,1H3,(H,26,31)/t9-,11-,16-/m1/s1. The summed E-state index contributed by atoms with van der Waals surface area (Å²) in [7, 11) is 0. The lowest BCUT2D eigenvalue weighted by atomic mass is 10.0. The van der Waals surface area contributed by atoms with Gasteiger partial charge >= 0.3 is 0 Å². The molecule has 2 bridgehead atoms. The van der Waals surface area contributed by atoms with E-state index in [1.807, 2.05) is 6.08 Å². The van der Waals surface area contributed by atoms with Crippen molar-refractivity contribution in [3.8, 4) is 5.75 Å². The third-order valence-corrected chi connectivity index (χ3v) is 6.16. The number of ether oxygens (including phenoxy) is 1. The van der Waals surface area contributed by atoms with E-state index < -0.39 is 63.8 Å². The minimum atomic E-state index is -1.26. The molecule has 11 heteroatoms. The molecular formula is C22H18F3N3O5. The maximum atomic E-state index is 14.1. The average molecular weight is 461 g/mol. The Hall–Kier alpha value is -3.76. The van der Waals surface area contributed by atoms with Crippen LogP contribution in [0.4, 0.5) is 13.2 Å². The third kappa shape index (κ3) is 3.26. The zero-order valence-electron chi connectivity index (χ0n) is 17.3. The molecule has 0 saturated carbocycles. The molecule has 3 aliphatic rings. The molecule has 1 aliphatic carbocycles. The fourth-order valence-electron chi connectivity index (χ4n) is 4.65. The zero-order chi connectivity index (χ0) is 23.6. The number of halogens is 3. The van der Waals surface area contributed by atoms with E-state index in [-0.39, 0.29) is 18.3 Å². The van der Waals surface area contributed by atoms with Crippen molar-refractivity contribution in [1.82, 2.24) is 14.8 Å². The van der Waals surface area contributed by atoms with Crippen LogP contribution in [-0.4, -0.2) is 38.7 Å². The number of aromatic hydroxyl groups is 1. The van der Waals surface area contributed by atoms with Crippen molar-refractivity contribution in [2.24, 2.45) is 0 Å². The van der Waals surface area contributed by atoms with Gasteiger partial charge in [0.25, 0.3) is 11.8 Å². The molecule has 1 aromatic carbocycles. The van der Waals surface area contributed by atoms with E-state index in [2.05, 4.69) is 5.32 Å². The summed E-state index contributed by atoms with van der Waals surface area (Å²) in [6.45, 7) is 1.33. The highest BCUT2D eigenvalue weighted by Crippen LogP contribution is 2.38. The van der Waals surface area contributed by atoms with Crippen molar-refractivity contribution in [3.05, 3.63) is 74.7 Å². The van der Waals surface area contributed by atoms with Crippen molar-refractivity contribution in [2.75, 3.05) is 0 Å². The van der Waals surface area contributed by atoms with Crippen LogP contribution < -0.4 is 10.7 Å². The summed E-state index contributed by atoms with van der Waals surface area (Å²) >= 11 is 0. The molecule has 2 amide bonds. The maximum absolute atomic E-state index is 14.1. The molecule has 2 N–H and O–H groups in total. The van der Waals surface area contributed by atoms with Gasteiger partial charge in [-0.25, -0.2) is 13.2 Å². The van der Waals surface area contributed by atoms with Crippen molar-refractivity contribution in [1.29, 1.82) is 0 Å². The van der Waals surface area contributed by atoms with Crippen LogP contribution >= 0.6 is 0 Å². The molecule has 2 aliphatic heterocycles. The predicted octanol–water partition coefficient (Wildman–Crippen LogP) is 2.32. The van der Waals surface area contributed by atoms with Gasteiger partial charge in [0.05, 0.1) is 18.3 Å². The van der Waals surface area contributed by atoms with Gasteiger partial charge in [-0.1, -0.05) is 0 Å². The smallest absolute Gasteiger partial charge is 0.277 e. The van der Waals surface area contributed by atoms with Gasteiger partial charge in [-0.05, 0) is 19.4 Å². The van der Waals surface area contributed by atoms with Crippen molar-refractivity contribution in [3.63, 3.8) is 0 Å². The first-order chi connectivity index (χ1) is 15.7. The summed E-state index contributed by atoms with van der Waals surface area (Å²) in [5, 5.41) is 12.8. The first kappa shape index (κ1) is 21.1. The number of rotatable bonds is 3. The van der Waals surface area contributed by atoms with E-state index in [9.17, 15) is 32.7 Å². The maximum Gasteiger partial charge on any atom is 0.277 e. The minimum absolute atomic E-state index is 0.0693. The van der Waals surface area contributed by atoms with E-state index in [0.29, 0.717) is 25.0 Å². The molecule has 1 aromatic heterocycles. The molecule has 8 nitrogen and oxygen atoms in total. The van der Waals surface area contributed by atoms with Gasteiger partial charge in [0.15, 0.2) is 17.7 Å². The number of pyridine rings is 1. The number of amides is 2. The lowest BCUT2D eigenvalue weighted by Gasteiger charge is -2.43. The summed E-state index contributed by atoms with van der Waals surface area (Å²) in [6.07, 6.45) is 3.51. The molecule has 2 aromatic rings. The van der Waals surface area contributed by atoms with Crippen LogP contribution in [0.5, 0.6) is 5.75 Å². The van der Waals surface area contributed by atoms with Crippen molar-refractivity contribution >= 4 is 11.8 Å². The lowest BCUT2D eigenvalue weighted by Crippen LogP contribution is -2.56. The number of nitrogens with zero attached hydrogens (tertiary/aromatic N) is 2. The molecule has 1 saturated heterocycles. The van der Waals surface area contributed by atoms with Crippen LogP contribution in [0.3, 0.4) is 0 Å². The quantitative estimate of drug-likeness (QED) is 0.731. The van der Waals surface area contributed by atoms with Gasteiger partial charge in [-0.3, -0.25) is 19.3 Å². The second kappa shape index (κ2) is 7.39. The predicted molar refractivity (Wildman–Crippen MR) is 107 cm³/mol. The summed E-state index contributed by atoms with van der Waals surface area (Å²) in [6, 6.07) is -0.434. The summed E-state index contributed by atoms with van der Waals surface area (Å²) in [5.74, 6) is -5.26. The molecule has 0 unspecified atom stereocenters. The SMILES string of the molecule is C[C@@H](NC(=O)c1cn2c(c(O)c1=O)C(=O)N1[C@@H]3CC=C(C3)O[C@@H]1C2)c1c(F)cc(F)cc1F. The number of nitrogens with one attached hydrogen (secondary N) is 1. The normalized spacial score (nSPS) is 21.6. The summed E-state index contributed by atoms with van der Waals surface area (Å²) < 4.78 is 48.4. The van der Waals surface area contributed by atoms with E-state index in [0.717, 1.165) is 12.0 Å². The molecule has 0 radical (unpaired) electrons. The monoisotopic (exact) mass is 461 g/mol. The van der Waals surface area contributed by atoms with E-state index in [1.165, 1.54) is 16.4 Å². The van der Waals surface area contributed by atoms with Gasteiger partial charge in [0.2, 0.25) is 5.43 Å². The Morgan fingerprint density at radius 1 is 1.24 bits per heavy atom. The van der Waals surface area contributed by atoms with Crippen LogP contribution in [-0.2, 0) is 11.3 Å². The van der Waals surface area contributed by atoms with Crippen molar-refractivity contribution < 1.29 is 32.6 Å². The molecule has 0 spiro atoms. The third-order valence-electron chi connectivity index (χ3n) is 6.16. The number of aromatic nitrogens is 1. The Kier molecular flexibility index (Phi) is 4.73. The van der Waals surface area contributed by atoms with Gasteiger partial charge in [0.1, 0.15) is 23.0 Å². The van der Waals surface area contributed by atoms with Crippen molar-refractivity contribution in [2.45, 2.75) is 44.6 Å². The zero-order valence-corrected chi connectivity index (χ0v) is 17.3. The molecule has 3 heterocycles. The Morgan fingerprint density at radius 3 is 2.64 bits per heavy atom. The van der Waals surface area contributed by atoms with Crippen LogP contribution in [0, 0.1) is 17.5 Å². The highest BCUT2D eigenvalue weighted by molar-refractivity contribution is 5.99. The number of benzene rings is 1.